The summed E-state index contributed by atoms with van der Waals surface area (Å²) < 4.78 is 14.4. The number of hydrogen-bond acceptors (Lipinski definition) is 9. The third-order valence-electron chi connectivity index (χ3n) is 3.20. The molecule has 1 aliphatic rings. The first-order valence-corrected chi connectivity index (χ1v) is 9.09. The van der Waals surface area contributed by atoms with Crippen LogP contribution in [0.5, 0.6) is 5.75 Å². The van der Waals surface area contributed by atoms with Crippen molar-refractivity contribution in [2.24, 2.45) is 0 Å². The van der Waals surface area contributed by atoms with Crippen LogP contribution in [0.15, 0.2) is 30.3 Å². The number of para-hydroxylation sites is 1. The number of amides is 2. The summed E-state index contributed by atoms with van der Waals surface area (Å²) in [5.41, 5.74) is -0.522. The third-order valence-corrected chi connectivity index (χ3v) is 3.20. The van der Waals surface area contributed by atoms with Crippen LogP contribution in [0.1, 0.15) is 47.5 Å². The Morgan fingerprint density at radius 1 is 1.00 bits per heavy atom. The second-order valence-electron chi connectivity index (χ2n) is 7.12. The topological polar surface area (TPSA) is 126 Å². The van der Waals surface area contributed by atoms with E-state index >= 15 is 0 Å². The molecule has 0 bridgehead atoms. The lowest BCUT2D eigenvalue weighted by molar-refractivity contribution is -0.204. The fourth-order valence-electron chi connectivity index (χ4n) is 1.97. The van der Waals surface area contributed by atoms with Crippen molar-refractivity contribution < 1.29 is 43.0 Å². The van der Waals surface area contributed by atoms with Gasteiger partial charge < -0.3 is 19.0 Å². The van der Waals surface area contributed by atoms with Gasteiger partial charge in [0.1, 0.15) is 11.4 Å². The largest absolute Gasteiger partial charge is 0.514 e. The van der Waals surface area contributed by atoms with Crippen molar-refractivity contribution in [2.45, 2.75) is 59.2 Å². The summed E-state index contributed by atoms with van der Waals surface area (Å²) in [7, 11) is 0. The van der Waals surface area contributed by atoms with Gasteiger partial charge in [0.25, 0.3) is 11.8 Å². The first-order valence-electron chi connectivity index (χ1n) is 9.09. The highest BCUT2D eigenvalue weighted by molar-refractivity contribution is 6.01. The minimum absolute atomic E-state index is 0.0219. The molecule has 1 unspecified atom stereocenters. The van der Waals surface area contributed by atoms with Gasteiger partial charge in [0, 0.05) is 19.8 Å². The van der Waals surface area contributed by atoms with Gasteiger partial charge in [0.05, 0.1) is 0 Å². The number of hydrogen-bond donors (Lipinski definition) is 0. The van der Waals surface area contributed by atoms with Gasteiger partial charge in [-0.1, -0.05) is 18.2 Å². The van der Waals surface area contributed by atoms with Crippen LogP contribution in [0.4, 0.5) is 4.79 Å². The molecule has 10 heteroatoms. The molecule has 1 fully saturated rings. The van der Waals surface area contributed by atoms with Crippen molar-refractivity contribution in [1.29, 1.82) is 0 Å². The molecule has 1 atom stereocenters. The Bertz CT molecular complexity index is 767. The molecule has 1 aliphatic heterocycles. The van der Waals surface area contributed by atoms with Gasteiger partial charge in [0.2, 0.25) is 0 Å². The van der Waals surface area contributed by atoms with Crippen molar-refractivity contribution in [2.75, 3.05) is 0 Å². The maximum atomic E-state index is 11.3. The van der Waals surface area contributed by atoms with Gasteiger partial charge in [-0.25, -0.2) is 9.59 Å². The first-order chi connectivity index (χ1) is 13.9. The third kappa shape index (κ3) is 9.18. The lowest BCUT2D eigenvalue weighted by Crippen LogP contribution is -2.36. The van der Waals surface area contributed by atoms with Crippen LogP contribution >= 0.6 is 0 Å². The number of carbonyl (C=O) groups excluding carboxylic acids is 5. The predicted octanol–water partition coefficient (Wildman–Crippen LogP) is 2.55. The van der Waals surface area contributed by atoms with E-state index in [1.165, 1.54) is 6.92 Å². The lowest BCUT2D eigenvalue weighted by atomic mass is 10.2. The molecule has 0 N–H and O–H groups in total. The van der Waals surface area contributed by atoms with Crippen LogP contribution in [0, 0.1) is 0 Å². The smallest absolute Gasteiger partial charge is 0.451 e. The standard InChI is InChI=1S/C11H14O3.C9H11NO6/c1-11(2,3)14-10(12)13-9-7-5-4-6-8-9;1-5(15-6(2)11)9(14)16-10-7(12)3-4-8(10)13/h4-8H,1-3H3;5H,3-4H2,1-2H3. The molecule has 0 radical (unpaired) electrons. The zero-order valence-corrected chi connectivity index (χ0v) is 17.5. The van der Waals surface area contributed by atoms with Gasteiger partial charge in [-0.05, 0) is 39.8 Å². The second-order valence-corrected chi connectivity index (χ2v) is 7.12. The quantitative estimate of drug-likeness (QED) is 0.408. The van der Waals surface area contributed by atoms with Crippen molar-refractivity contribution in [1.82, 2.24) is 5.06 Å². The van der Waals surface area contributed by atoms with Crippen LogP contribution in [0.25, 0.3) is 0 Å². The summed E-state index contributed by atoms with van der Waals surface area (Å²) >= 11 is 0. The molecular formula is C20H25NO9. The van der Waals surface area contributed by atoms with E-state index in [0.717, 1.165) is 6.92 Å². The first kappa shape index (κ1) is 24.6. The summed E-state index contributed by atoms with van der Waals surface area (Å²) in [6.45, 7) is 7.79. The number of carbonyl (C=O) groups is 5. The van der Waals surface area contributed by atoms with Crippen molar-refractivity contribution in [3.8, 4) is 5.75 Å². The Morgan fingerprint density at radius 3 is 2.00 bits per heavy atom. The Labute approximate surface area is 174 Å². The number of nitrogens with zero attached hydrogens (tertiary/aromatic N) is 1. The summed E-state index contributed by atoms with van der Waals surface area (Å²) in [4.78, 5) is 59.7. The van der Waals surface area contributed by atoms with Gasteiger partial charge in [-0.15, -0.1) is 5.06 Å². The number of hydroxylamine groups is 2. The number of rotatable bonds is 4. The average molecular weight is 423 g/mol. The number of imide groups is 1. The van der Waals surface area contributed by atoms with E-state index < -0.39 is 41.6 Å². The fraction of sp³-hybridized carbons (Fsp3) is 0.450. The van der Waals surface area contributed by atoms with Crippen molar-refractivity contribution in [3.05, 3.63) is 30.3 Å². The summed E-state index contributed by atoms with van der Waals surface area (Å²) in [5, 5.41) is 0.405. The Hall–Kier alpha value is -3.43. The van der Waals surface area contributed by atoms with E-state index in [1.54, 1.807) is 45.0 Å². The maximum absolute atomic E-state index is 11.3. The van der Waals surface area contributed by atoms with Gasteiger partial charge >= 0.3 is 18.1 Å². The van der Waals surface area contributed by atoms with Gasteiger partial charge in [-0.3, -0.25) is 14.4 Å². The maximum Gasteiger partial charge on any atom is 0.514 e. The summed E-state index contributed by atoms with van der Waals surface area (Å²) in [5.74, 6) is -2.27. The predicted molar refractivity (Wildman–Crippen MR) is 102 cm³/mol. The Kier molecular flexibility index (Phi) is 8.97. The van der Waals surface area contributed by atoms with E-state index in [9.17, 15) is 24.0 Å². The fourth-order valence-corrected chi connectivity index (χ4v) is 1.97. The highest BCUT2D eigenvalue weighted by Gasteiger charge is 2.34. The molecule has 0 aromatic heterocycles. The van der Waals surface area contributed by atoms with E-state index in [0.29, 0.717) is 10.8 Å². The normalized spacial score (nSPS) is 14.2. The van der Waals surface area contributed by atoms with Crippen LogP contribution in [-0.4, -0.2) is 46.7 Å². The van der Waals surface area contributed by atoms with Crippen LogP contribution in [0.2, 0.25) is 0 Å². The van der Waals surface area contributed by atoms with E-state index in [1.807, 2.05) is 6.07 Å². The Morgan fingerprint density at radius 2 is 1.53 bits per heavy atom. The van der Waals surface area contributed by atoms with Crippen LogP contribution in [-0.2, 0) is 33.5 Å². The number of ether oxygens (including phenoxy) is 3. The molecule has 1 aromatic carbocycles. The minimum atomic E-state index is -1.15. The van der Waals surface area contributed by atoms with Crippen LogP contribution < -0.4 is 4.74 Å². The lowest BCUT2D eigenvalue weighted by Gasteiger charge is -2.18. The van der Waals surface area contributed by atoms with Crippen molar-refractivity contribution in [3.63, 3.8) is 0 Å². The molecule has 2 rings (SSSR count). The minimum Gasteiger partial charge on any atom is -0.451 e. The van der Waals surface area contributed by atoms with E-state index in [4.69, 9.17) is 9.47 Å². The zero-order valence-electron chi connectivity index (χ0n) is 17.5. The molecule has 1 aromatic rings. The summed E-state index contributed by atoms with van der Waals surface area (Å²) in [6.07, 6.45) is -1.79. The zero-order chi connectivity index (χ0) is 22.9. The number of esters is 1. The molecule has 0 aliphatic carbocycles. The van der Waals surface area contributed by atoms with E-state index in [2.05, 4.69) is 9.57 Å². The highest BCUT2D eigenvalue weighted by Crippen LogP contribution is 2.14. The second kappa shape index (κ2) is 10.9. The molecule has 0 spiro atoms. The molecule has 30 heavy (non-hydrogen) atoms. The van der Waals surface area contributed by atoms with Gasteiger partial charge in [-0.2, -0.15) is 0 Å². The summed E-state index contributed by atoms with van der Waals surface area (Å²) in [6, 6.07) is 8.83. The SMILES string of the molecule is CC(=O)OC(C)C(=O)ON1C(=O)CCC1=O.CC(C)(C)OC(=O)Oc1ccccc1. The van der Waals surface area contributed by atoms with Gasteiger partial charge in [0.15, 0.2) is 6.10 Å². The molecule has 1 heterocycles. The average Bonchev–Trinajstić information content (AvgIpc) is 2.93. The highest BCUT2D eigenvalue weighted by atomic mass is 16.7. The molecule has 164 valence electrons. The molecule has 2 amide bonds. The Balaban J connectivity index is 0.000000303. The monoisotopic (exact) mass is 423 g/mol. The molecule has 10 nitrogen and oxygen atoms in total. The number of benzene rings is 1. The molecule has 0 saturated carbocycles. The molecule has 1 saturated heterocycles. The van der Waals surface area contributed by atoms with Crippen molar-refractivity contribution >= 4 is 29.9 Å². The molecular weight excluding hydrogens is 398 g/mol. The van der Waals surface area contributed by atoms with E-state index in [-0.39, 0.29) is 12.8 Å². The van der Waals surface area contributed by atoms with Crippen LogP contribution in [0.3, 0.4) is 0 Å².